The van der Waals surface area contributed by atoms with E-state index in [1.807, 2.05) is 0 Å². The largest absolute Gasteiger partial charge is 0.481 e. The monoisotopic (exact) mass is 811 g/mol. The van der Waals surface area contributed by atoms with E-state index in [0.717, 1.165) is 44.9 Å². The minimum absolute atomic E-state index is 0.00889. The lowest BCUT2D eigenvalue weighted by atomic mass is 9.78. The molecule has 0 aromatic rings. The van der Waals surface area contributed by atoms with Gasteiger partial charge in [0.25, 0.3) is 0 Å². The fourth-order valence-corrected chi connectivity index (χ4v) is 7.34. The quantitative estimate of drug-likeness (QED) is 0.0445. The lowest BCUT2D eigenvalue weighted by molar-refractivity contribution is -0.145. The van der Waals surface area contributed by atoms with Gasteiger partial charge in [-0.05, 0) is 57.3 Å². The van der Waals surface area contributed by atoms with Crippen molar-refractivity contribution < 1.29 is 53.2 Å². The number of ketones is 2. The van der Waals surface area contributed by atoms with Crippen LogP contribution in [0.4, 0.5) is 0 Å². The Morgan fingerprint density at radius 1 is 0.579 bits per heavy atom. The molecular formula is C44H78N2O11. The molecule has 1 aliphatic carbocycles. The van der Waals surface area contributed by atoms with Crippen molar-refractivity contribution in [1.82, 2.24) is 10.6 Å². The highest BCUT2D eigenvalue weighted by molar-refractivity contribution is 5.86. The molecule has 0 bridgehead atoms. The molecule has 0 spiro atoms. The van der Waals surface area contributed by atoms with Crippen LogP contribution in [-0.2, 0) is 43.0 Å². The number of aliphatic carboxylic acids is 2. The Morgan fingerprint density at radius 3 is 1.65 bits per heavy atom. The fraction of sp³-hybridized carbons (Fsp3) is 0.864. The molecule has 1 aliphatic rings. The van der Waals surface area contributed by atoms with Crippen LogP contribution in [0, 0.1) is 17.8 Å². The Balaban J connectivity index is 2.01. The number of hydrogen-bond acceptors (Lipinski definition) is 9. The fourth-order valence-electron chi connectivity index (χ4n) is 7.34. The molecule has 0 aliphatic heterocycles. The Labute approximate surface area is 342 Å². The summed E-state index contributed by atoms with van der Waals surface area (Å²) in [6.45, 7) is 2.27. The number of carbonyl (C=O) groups excluding carboxylic acids is 4. The van der Waals surface area contributed by atoms with Crippen molar-refractivity contribution in [1.29, 1.82) is 0 Å². The summed E-state index contributed by atoms with van der Waals surface area (Å²) in [5, 5.41) is 24.2. The Hall–Kier alpha value is -2.90. The molecule has 1 atom stereocenters. The zero-order chi connectivity index (χ0) is 41.8. The first-order valence-electron chi connectivity index (χ1n) is 22.3. The lowest BCUT2D eigenvalue weighted by Crippen LogP contribution is -2.33. The third-order valence-electron chi connectivity index (χ3n) is 11.0. The van der Waals surface area contributed by atoms with Gasteiger partial charge in [-0.1, -0.05) is 89.9 Å². The lowest BCUT2D eigenvalue weighted by Gasteiger charge is -2.28. The molecule has 0 aromatic heterocycles. The summed E-state index contributed by atoms with van der Waals surface area (Å²) in [5.41, 5.74) is 0. The van der Waals surface area contributed by atoms with Gasteiger partial charge in [-0.2, -0.15) is 0 Å². The Bertz CT molecular complexity index is 1090. The summed E-state index contributed by atoms with van der Waals surface area (Å²) in [6, 6.07) is 0. The second-order valence-corrected chi connectivity index (χ2v) is 16.0. The van der Waals surface area contributed by atoms with Gasteiger partial charge in [-0.15, -0.1) is 0 Å². The maximum absolute atomic E-state index is 13.0. The van der Waals surface area contributed by atoms with Gasteiger partial charge in [0.05, 0.1) is 25.7 Å². The van der Waals surface area contributed by atoms with Gasteiger partial charge in [0.1, 0.15) is 12.4 Å². The second-order valence-electron chi connectivity index (χ2n) is 16.0. The number of unbranched alkanes of at least 4 members (excludes halogenated alkanes) is 15. The van der Waals surface area contributed by atoms with Crippen LogP contribution in [0.15, 0.2) is 0 Å². The Kier molecular flexibility index (Phi) is 33.1. The number of methoxy groups -OCH3 is 1. The van der Waals surface area contributed by atoms with Crippen LogP contribution in [0.1, 0.15) is 173 Å². The van der Waals surface area contributed by atoms with Gasteiger partial charge < -0.3 is 35.1 Å². The molecule has 330 valence electrons. The third kappa shape index (κ3) is 31.7. The zero-order valence-electron chi connectivity index (χ0n) is 35.3. The molecule has 0 aromatic carbocycles. The molecule has 0 saturated heterocycles. The molecule has 1 rings (SSSR count). The van der Waals surface area contributed by atoms with E-state index in [1.165, 1.54) is 70.6 Å². The zero-order valence-corrected chi connectivity index (χ0v) is 35.3. The summed E-state index contributed by atoms with van der Waals surface area (Å²) in [5.74, 6) is -2.75. The molecule has 13 heteroatoms. The molecule has 4 N–H and O–H groups in total. The van der Waals surface area contributed by atoms with Crippen molar-refractivity contribution in [3.63, 3.8) is 0 Å². The highest BCUT2D eigenvalue weighted by atomic mass is 16.5. The van der Waals surface area contributed by atoms with E-state index in [9.17, 15) is 33.9 Å². The van der Waals surface area contributed by atoms with Crippen molar-refractivity contribution in [2.45, 2.75) is 173 Å². The molecule has 1 unspecified atom stereocenters. The molecule has 2 amide bonds. The number of hydrogen-bond donors (Lipinski definition) is 4. The molecule has 57 heavy (non-hydrogen) atoms. The summed E-state index contributed by atoms with van der Waals surface area (Å²) in [4.78, 5) is 71.7. The number of amides is 2. The van der Waals surface area contributed by atoms with Gasteiger partial charge in [0.2, 0.25) is 11.8 Å². The number of Topliss-reactive ketones (excluding diaryl/α,β-unsaturated/α-hetero) is 2. The van der Waals surface area contributed by atoms with Crippen LogP contribution in [0.25, 0.3) is 0 Å². The second kappa shape index (κ2) is 36.2. The van der Waals surface area contributed by atoms with E-state index in [2.05, 4.69) is 10.6 Å². The number of carbonyl (C=O) groups is 6. The van der Waals surface area contributed by atoms with E-state index in [0.29, 0.717) is 57.6 Å². The predicted octanol–water partition coefficient (Wildman–Crippen LogP) is 7.60. The summed E-state index contributed by atoms with van der Waals surface area (Å²) < 4.78 is 15.6. The van der Waals surface area contributed by atoms with Crippen LogP contribution in [0.3, 0.4) is 0 Å². The van der Waals surface area contributed by atoms with E-state index < -0.39 is 17.9 Å². The van der Waals surface area contributed by atoms with Crippen LogP contribution in [0.2, 0.25) is 0 Å². The average molecular weight is 811 g/mol. The third-order valence-corrected chi connectivity index (χ3v) is 11.0. The minimum atomic E-state index is -1.07. The first kappa shape index (κ1) is 52.1. The normalized spacial score (nSPS) is 15.9. The van der Waals surface area contributed by atoms with E-state index in [4.69, 9.17) is 19.3 Å². The van der Waals surface area contributed by atoms with Crippen molar-refractivity contribution >= 4 is 35.3 Å². The first-order chi connectivity index (χ1) is 27.6. The predicted molar refractivity (Wildman–Crippen MR) is 220 cm³/mol. The van der Waals surface area contributed by atoms with Gasteiger partial charge >= 0.3 is 11.9 Å². The molecule has 0 radical (unpaired) electrons. The maximum atomic E-state index is 13.0. The van der Waals surface area contributed by atoms with Crippen molar-refractivity contribution in [3.05, 3.63) is 0 Å². The van der Waals surface area contributed by atoms with Crippen molar-refractivity contribution in [3.8, 4) is 0 Å². The molecule has 1 saturated carbocycles. The van der Waals surface area contributed by atoms with E-state index in [-0.39, 0.29) is 81.5 Å². The smallest absolute Gasteiger partial charge is 0.306 e. The summed E-state index contributed by atoms with van der Waals surface area (Å²) in [6.07, 6.45) is 23.9. The molecular weight excluding hydrogens is 732 g/mol. The van der Waals surface area contributed by atoms with Crippen LogP contribution >= 0.6 is 0 Å². The van der Waals surface area contributed by atoms with Gasteiger partial charge in [0, 0.05) is 64.8 Å². The standard InChI is InChI=1S/C44H78N2O11/c1-55-29-18-19-39(47)35-57-32-31-56-30-28-45-42(50)27-26-38(44(53)54)33-40(48)37-24-22-36(23-25-37)34-46-41(49)20-16-14-12-10-8-6-4-2-3-5-7-9-11-13-15-17-21-43(51)52/h36-38H,2-35H2,1H3,(H,45,50)(H,46,49)(H,51,52)(H,53,54). The number of carboxylic acids is 2. The number of carboxylic acid groups (broad SMARTS) is 2. The number of rotatable bonds is 40. The first-order valence-corrected chi connectivity index (χ1v) is 22.3. The molecule has 13 nitrogen and oxygen atoms in total. The van der Waals surface area contributed by atoms with Gasteiger partial charge in [0.15, 0.2) is 5.78 Å². The highest BCUT2D eigenvalue weighted by Crippen LogP contribution is 2.31. The van der Waals surface area contributed by atoms with Gasteiger partial charge in [-0.3, -0.25) is 28.8 Å². The van der Waals surface area contributed by atoms with Crippen molar-refractivity contribution in [2.24, 2.45) is 17.8 Å². The molecule has 0 heterocycles. The highest BCUT2D eigenvalue weighted by Gasteiger charge is 2.30. The minimum Gasteiger partial charge on any atom is -0.481 e. The average Bonchev–Trinajstić information content (AvgIpc) is 3.19. The maximum Gasteiger partial charge on any atom is 0.306 e. The van der Waals surface area contributed by atoms with Crippen LogP contribution in [0.5, 0.6) is 0 Å². The van der Waals surface area contributed by atoms with Gasteiger partial charge in [-0.25, -0.2) is 0 Å². The topological polar surface area (TPSA) is 195 Å². The van der Waals surface area contributed by atoms with E-state index >= 15 is 0 Å². The Morgan fingerprint density at radius 2 is 1.11 bits per heavy atom. The summed E-state index contributed by atoms with van der Waals surface area (Å²) >= 11 is 0. The van der Waals surface area contributed by atoms with Crippen molar-refractivity contribution in [2.75, 3.05) is 53.2 Å². The number of nitrogens with one attached hydrogen (secondary N) is 2. The van der Waals surface area contributed by atoms with E-state index in [1.54, 1.807) is 7.11 Å². The molecule has 1 fully saturated rings. The number of ether oxygens (including phenoxy) is 3. The SMILES string of the molecule is COCCCC(=O)COCCOCCNC(=O)CCC(CC(=O)C1CCC(CNC(=O)CCCCCCCCCCCCCCCCCCC(=O)O)CC1)C(=O)O. The summed E-state index contributed by atoms with van der Waals surface area (Å²) in [7, 11) is 1.59. The van der Waals surface area contributed by atoms with Crippen LogP contribution < -0.4 is 10.6 Å². The van der Waals surface area contributed by atoms with Crippen LogP contribution in [-0.4, -0.2) is 98.8 Å².